The number of aliphatic hydroxyl groups is 2. The van der Waals surface area contributed by atoms with E-state index < -0.39 is 6.10 Å². The van der Waals surface area contributed by atoms with Crippen LogP contribution < -0.4 is 10.9 Å². The van der Waals surface area contributed by atoms with Gasteiger partial charge in [-0.1, -0.05) is 0 Å². The van der Waals surface area contributed by atoms with E-state index >= 15 is 0 Å². The topological polar surface area (TPSA) is 87.4 Å². The van der Waals surface area contributed by atoms with Crippen molar-refractivity contribution in [2.24, 2.45) is 0 Å². The standard InChI is InChI=1S/C11H19N3O3/c1-11(2,3)14-5-4-12-9(10(14)17)13-6-8(16)7-15/h4-5,8,15-16H,6-7H2,1-3H3,(H,12,13). The van der Waals surface area contributed by atoms with E-state index in [-0.39, 0.29) is 30.1 Å². The summed E-state index contributed by atoms with van der Waals surface area (Å²) in [7, 11) is 0. The van der Waals surface area contributed by atoms with E-state index in [1.165, 1.54) is 6.20 Å². The van der Waals surface area contributed by atoms with Crippen molar-refractivity contribution in [1.29, 1.82) is 0 Å². The minimum Gasteiger partial charge on any atom is -0.394 e. The predicted molar refractivity (Wildman–Crippen MR) is 65.1 cm³/mol. The SMILES string of the molecule is CC(C)(C)n1ccnc(NCC(O)CO)c1=O. The molecule has 0 fully saturated rings. The first-order chi connectivity index (χ1) is 7.86. The molecule has 0 radical (unpaired) electrons. The van der Waals surface area contributed by atoms with Crippen LogP contribution in [0.1, 0.15) is 20.8 Å². The van der Waals surface area contributed by atoms with Gasteiger partial charge in [-0.15, -0.1) is 0 Å². The fraction of sp³-hybridized carbons (Fsp3) is 0.636. The lowest BCUT2D eigenvalue weighted by Gasteiger charge is -2.22. The molecule has 1 heterocycles. The normalized spacial score (nSPS) is 13.5. The van der Waals surface area contributed by atoms with Crippen molar-refractivity contribution < 1.29 is 10.2 Å². The van der Waals surface area contributed by atoms with Gasteiger partial charge in [-0.3, -0.25) is 4.79 Å². The average molecular weight is 241 g/mol. The summed E-state index contributed by atoms with van der Waals surface area (Å²) >= 11 is 0. The summed E-state index contributed by atoms with van der Waals surface area (Å²) in [5.74, 6) is 0.176. The van der Waals surface area contributed by atoms with E-state index in [0.29, 0.717) is 0 Å². The monoisotopic (exact) mass is 241 g/mol. The van der Waals surface area contributed by atoms with Crippen LogP contribution in [-0.4, -0.2) is 39.0 Å². The van der Waals surface area contributed by atoms with Crippen LogP contribution in [0, 0.1) is 0 Å². The van der Waals surface area contributed by atoms with Crippen LogP contribution in [0.2, 0.25) is 0 Å². The number of hydrogen-bond donors (Lipinski definition) is 3. The third-order valence-corrected chi connectivity index (χ3v) is 2.28. The summed E-state index contributed by atoms with van der Waals surface area (Å²) < 4.78 is 1.56. The van der Waals surface area contributed by atoms with Crippen LogP contribution in [0.3, 0.4) is 0 Å². The lowest BCUT2D eigenvalue weighted by Crippen LogP contribution is -2.36. The summed E-state index contributed by atoms with van der Waals surface area (Å²) in [6.45, 7) is 5.49. The summed E-state index contributed by atoms with van der Waals surface area (Å²) in [6, 6.07) is 0. The van der Waals surface area contributed by atoms with Crippen molar-refractivity contribution >= 4 is 5.82 Å². The fourth-order valence-electron chi connectivity index (χ4n) is 1.34. The highest BCUT2D eigenvalue weighted by atomic mass is 16.3. The van der Waals surface area contributed by atoms with Crippen molar-refractivity contribution in [2.75, 3.05) is 18.5 Å². The summed E-state index contributed by atoms with van der Waals surface area (Å²) in [5, 5.41) is 20.6. The number of aromatic nitrogens is 2. The highest BCUT2D eigenvalue weighted by molar-refractivity contribution is 5.31. The Balaban J connectivity index is 2.92. The summed E-state index contributed by atoms with van der Waals surface area (Å²) in [6.07, 6.45) is 2.25. The lowest BCUT2D eigenvalue weighted by molar-refractivity contribution is 0.105. The molecule has 17 heavy (non-hydrogen) atoms. The molecule has 1 unspecified atom stereocenters. The van der Waals surface area contributed by atoms with Gasteiger partial charge in [-0.05, 0) is 20.8 Å². The van der Waals surface area contributed by atoms with Crippen LogP contribution in [0.5, 0.6) is 0 Å². The molecule has 1 aromatic heterocycles. The molecule has 6 heteroatoms. The van der Waals surface area contributed by atoms with E-state index in [1.54, 1.807) is 10.8 Å². The van der Waals surface area contributed by atoms with Crippen LogP contribution in [0.15, 0.2) is 17.2 Å². The molecule has 0 saturated carbocycles. The quantitative estimate of drug-likeness (QED) is 0.677. The van der Waals surface area contributed by atoms with Gasteiger partial charge in [-0.2, -0.15) is 0 Å². The number of rotatable bonds is 4. The minimum absolute atomic E-state index is 0.0902. The molecule has 0 aromatic carbocycles. The fourth-order valence-corrected chi connectivity index (χ4v) is 1.34. The number of nitrogens with one attached hydrogen (secondary N) is 1. The second-order valence-corrected chi connectivity index (χ2v) is 4.84. The Hall–Kier alpha value is -1.40. The van der Waals surface area contributed by atoms with Gasteiger partial charge in [0.05, 0.1) is 12.7 Å². The van der Waals surface area contributed by atoms with Crippen molar-refractivity contribution in [2.45, 2.75) is 32.4 Å². The van der Waals surface area contributed by atoms with Gasteiger partial charge >= 0.3 is 0 Å². The van der Waals surface area contributed by atoms with Crippen molar-refractivity contribution in [3.8, 4) is 0 Å². The molecule has 1 rings (SSSR count). The molecule has 0 aliphatic carbocycles. The zero-order chi connectivity index (χ0) is 13.1. The van der Waals surface area contributed by atoms with E-state index in [1.807, 2.05) is 20.8 Å². The Morgan fingerprint density at radius 1 is 1.53 bits per heavy atom. The second-order valence-electron chi connectivity index (χ2n) is 4.84. The van der Waals surface area contributed by atoms with Crippen molar-refractivity contribution in [1.82, 2.24) is 9.55 Å². The molecule has 1 aromatic rings. The molecule has 3 N–H and O–H groups in total. The highest BCUT2D eigenvalue weighted by Crippen LogP contribution is 2.10. The molecule has 0 aliphatic rings. The van der Waals surface area contributed by atoms with Gasteiger partial charge in [0.2, 0.25) is 0 Å². The maximum Gasteiger partial charge on any atom is 0.293 e. The van der Waals surface area contributed by atoms with Crippen LogP contribution >= 0.6 is 0 Å². The van der Waals surface area contributed by atoms with Crippen LogP contribution in [0.4, 0.5) is 5.82 Å². The zero-order valence-corrected chi connectivity index (χ0v) is 10.3. The molecule has 0 saturated heterocycles. The molecular formula is C11H19N3O3. The first-order valence-corrected chi connectivity index (χ1v) is 5.47. The molecule has 1 atom stereocenters. The number of aliphatic hydroxyl groups excluding tert-OH is 2. The second kappa shape index (κ2) is 5.29. The van der Waals surface area contributed by atoms with Gasteiger partial charge in [0.1, 0.15) is 0 Å². The summed E-state index contributed by atoms with van der Waals surface area (Å²) in [5.41, 5.74) is -0.573. The minimum atomic E-state index is -0.903. The Morgan fingerprint density at radius 3 is 2.71 bits per heavy atom. The number of hydrogen-bond acceptors (Lipinski definition) is 5. The van der Waals surface area contributed by atoms with E-state index in [4.69, 9.17) is 5.11 Å². The zero-order valence-electron chi connectivity index (χ0n) is 10.3. The third-order valence-electron chi connectivity index (χ3n) is 2.28. The molecule has 0 bridgehead atoms. The van der Waals surface area contributed by atoms with Crippen LogP contribution in [0.25, 0.3) is 0 Å². The Morgan fingerprint density at radius 2 is 2.18 bits per heavy atom. The smallest absolute Gasteiger partial charge is 0.293 e. The maximum atomic E-state index is 12.0. The van der Waals surface area contributed by atoms with Crippen LogP contribution in [-0.2, 0) is 5.54 Å². The lowest BCUT2D eigenvalue weighted by atomic mass is 10.1. The Kier molecular flexibility index (Phi) is 4.25. The third kappa shape index (κ3) is 3.54. The highest BCUT2D eigenvalue weighted by Gasteiger charge is 2.16. The molecular weight excluding hydrogens is 222 g/mol. The molecule has 96 valence electrons. The largest absolute Gasteiger partial charge is 0.394 e. The molecule has 6 nitrogen and oxygen atoms in total. The van der Waals surface area contributed by atoms with Gasteiger partial charge < -0.3 is 20.1 Å². The molecule has 0 amide bonds. The predicted octanol–water partition coefficient (Wildman–Crippen LogP) is -0.237. The van der Waals surface area contributed by atoms with Gasteiger partial charge in [-0.25, -0.2) is 4.98 Å². The van der Waals surface area contributed by atoms with E-state index in [9.17, 15) is 9.90 Å². The Bertz CT molecular complexity index is 423. The first kappa shape index (κ1) is 13.7. The molecule has 0 aliphatic heterocycles. The first-order valence-electron chi connectivity index (χ1n) is 5.47. The van der Waals surface area contributed by atoms with Gasteiger partial charge in [0, 0.05) is 24.5 Å². The molecule has 0 spiro atoms. The maximum absolute atomic E-state index is 12.0. The van der Waals surface area contributed by atoms with Gasteiger partial charge in [0.15, 0.2) is 5.82 Å². The van der Waals surface area contributed by atoms with E-state index in [2.05, 4.69) is 10.3 Å². The van der Waals surface area contributed by atoms with Crippen molar-refractivity contribution in [3.05, 3.63) is 22.7 Å². The Labute approximate surface area is 99.9 Å². The van der Waals surface area contributed by atoms with Gasteiger partial charge in [0.25, 0.3) is 5.56 Å². The van der Waals surface area contributed by atoms with Crippen molar-refractivity contribution in [3.63, 3.8) is 0 Å². The van der Waals surface area contributed by atoms with E-state index in [0.717, 1.165) is 0 Å². The number of anilines is 1. The summed E-state index contributed by atoms with van der Waals surface area (Å²) in [4.78, 5) is 15.9. The average Bonchev–Trinajstić information content (AvgIpc) is 2.25. The number of nitrogens with zero attached hydrogens (tertiary/aromatic N) is 2.